The Labute approximate surface area is 206 Å². The molecule has 3 aromatic rings. The van der Waals surface area contributed by atoms with E-state index in [2.05, 4.69) is 34.7 Å². The van der Waals surface area contributed by atoms with Crippen LogP contribution in [-0.2, 0) is 16.1 Å². The summed E-state index contributed by atoms with van der Waals surface area (Å²) in [5.74, 6) is -0.500. The molecule has 0 saturated carbocycles. The van der Waals surface area contributed by atoms with Crippen molar-refractivity contribution in [3.8, 4) is 0 Å². The minimum atomic E-state index is -1.06. The lowest BCUT2D eigenvalue weighted by atomic mass is 9.96. The largest absolute Gasteiger partial charge is 0.395 e. The molecule has 1 heterocycles. The van der Waals surface area contributed by atoms with Gasteiger partial charge in [-0.25, -0.2) is 0 Å². The van der Waals surface area contributed by atoms with E-state index in [1.165, 1.54) is 6.92 Å². The first-order valence-corrected chi connectivity index (χ1v) is 11.8. The van der Waals surface area contributed by atoms with Gasteiger partial charge in [-0.15, -0.1) is 5.10 Å². The van der Waals surface area contributed by atoms with Crippen molar-refractivity contribution in [1.29, 1.82) is 0 Å². The number of benzene rings is 2. The lowest BCUT2D eigenvalue weighted by molar-refractivity contribution is -0.123. The van der Waals surface area contributed by atoms with E-state index in [0.717, 1.165) is 23.2 Å². The van der Waals surface area contributed by atoms with Crippen molar-refractivity contribution in [3.63, 3.8) is 0 Å². The number of hydrogen-bond donors (Lipinski definition) is 3. The molecule has 8 nitrogen and oxygen atoms in total. The highest BCUT2D eigenvalue weighted by Gasteiger charge is 2.18. The Morgan fingerprint density at radius 2 is 1.83 bits per heavy atom. The first-order chi connectivity index (χ1) is 16.9. The third kappa shape index (κ3) is 7.32. The number of hydrogen-bond acceptors (Lipinski definition) is 6. The maximum atomic E-state index is 11.6. The van der Waals surface area contributed by atoms with E-state index in [4.69, 9.17) is 4.74 Å². The number of nitrogens with zero attached hydrogens (tertiary/aromatic N) is 3. The maximum absolute atomic E-state index is 11.6. The molecule has 0 radical (unpaired) electrons. The van der Waals surface area contributed by atoms with Crippen molar-refractivity contribution >= 4 is 11.6 Å². The van der Waals surface area contributed by atoms with Crippen LogP contribution in [0.15, 0.2) is 72.9 Å². The molecule has 2 aromatic carbocycles. The van der Waals surface area contributed by atoms with Crippen LogP contribution in [0.1, 0.15) is 49.1 Å². The zero-order valence-corrected chi connectivity index (χ0v) is 20.4. The predicted octanol–water partition coefficient (Wildman–Crippen LogP) is 3.69. The predicted molar refractivity (Wildman–Crippen MR) is 135 cm³/mol. The summed E-state index contributed by atoms with van der Waals surface area (Å²) in [5.41, 5.74) is 3.39. The van der Waals surface area contributed by atoms with Gasteiger partial charge in [-0.3, -0.25) is 9.48 Å². The van der Waals surface area contributed by atoms with Gasteiger partial charge in [-0.2, -0.15) is 0 Å². The number of anilines is 1. The summed E-state index contributed by atoms with van der Waals surface area (Å²) in [5, 5.41) is 30.3. The molecule has 0 aliphatic heterocycles. The molecule has 1 amide bonds. The molecular formula is C27H34N4O4. The lowest BCUT2D eigenvalue weighted by Crippen LogP contribution is -2.24. The number of carbonyl (C=O) groups is 1. The highest BCUT2D eigenvalue weighted by molar-refractivity contribution is 5.93. The molecule has 0 aliphatic carbocycles. The summed E-state index contributed by atoms with van der Waals surface area (Å²) in [4.78, 5) is 11.6. The van der Waals surface area contributed by atoms with E-state index in [-0.39, 0.29) is 24.5 Å². The van der Waals surface area contributed by atoms with Crippen molar-refractivity contribution in [1.82, 2.24) is 15.0 Å². The average Bonchev–Trinajstić information content (AvgIpc) is 3.33. The van der Waals surface area contributed by atoms with Gasteiger partial charge >= 0.3 is 0 Å². The number of nitrogens with one attached hydrogen (secondary N) is 1. The average molecular weight is 479 g/mol. The smallest absolute Gasteiger partial charge is 0.252 e. The minimum Gasteiger partial charge on any atom is -0.395 e. The van der Waals surface area contributed by atoms with Gasteiger partial charge in [0.25, 0.3) is 5.91 Å². The second-order valence-electron chi connectivity index (χ2n) is 8.57. The second-order valence-corrected chi connectivity index (χ2v) is 8.57. The number of carbonyl (C=O) groups excluding carboxylic acids is 1. The number of aryl methyl sites for hydroxylation is 1. The third-order valence-electron chi connectivity index (χ3n) is 5.88. The van der Waals surface area contributed by atoms with Gasteiger partial charge in [0.05, 0.1) is 24.3 Å². The van der Waals surface area contributed by atoms with Crippen LogP contribution in [0.4, 0.5) is 5.69 Å². The molecule has 0 saturated heterocycles. The Balaban J connectivity index is 1.54. The Morgan fingerprint density at radius 1 is 1.11 bits per heavy atom. The molecule has 0 aliphatic rings. The first kappa shape index (κ1) is 26.3. The number of allylic oxidation sites excluding steroid dienone is 1. The molecule has 0 fully saturated rings. The first-order valence-electron chi connectivity index (χ1n) is 11.8. The molecule has 3 rings (SSSR count). The zero-order chi connectivity index (χ0) is 25.2. The van der Waals surface area contributed by atoms with E-state index in [9.17, 15) is 15.0 Å². The molecule has 8 heteroatoms. The summed E-state index contributed by atoms with van der Waals surface area (Å²) in [7, 11) is 1.68. The summed E-state index contributed by atoms with van der Waals surface area (Å²) < 4.78 is 7.52. The molecular weight excluding hydrogens is 444 g/mol. The van der Waals surface area contributed by atoms with Crippen LogP contribution < -0.4 is 5.32 Å². The third-order valence-corrected chi connectivity index (χ3v) is 5.88. The maximum Gasteiger partial charge on any atom is 0.252 e. The topological polar surface area (TPSA) is 110 Å². The van der Waals surface area contributed by atoms with Gasteiger partial charge in [-0.05, 0) is 36.6 Å². The van der Waals surface area contributed by atoms with Gasteiger partial charge in [-0.1, -0.05) is 66.8 Å². The van der Waals surface area contributed by atoms with Crippen LogP contribution in [0, 0.1) is 5.92 Å². The van der Waals surface area contributed by atoms with Crippen LogP contribution in [0.2, 0.25) is 0 Å². The SMILES string of the molecule is CO[C@@H](c1ccc(NC(=O)[C@H](C)O)cc1)[C@@H](C)/C=C/CCn1cc(C(CO)c2ccccc2)nn1. The number of aromatic nitrogens is 3. The summed E-state index contributed by atoms with van der Waals surface area (Å²) in [6.07, 6.45) is 5.70. The van der Waals surface area contributed by atoms with Crippen LogP contribution in [0.25, 0.3) is 0 Å². The fourth-order valence-corrected chi connectivity index (χ4v) is 3.91. The van der Waals surface area contributed by atoms with E-state index < -0.39 is 12.0 Å². The van der Waals surface area contributed by atoms with Gasteiger partial charge < -0.3 is 20.3 Å². The highest BCUT2D eigenvalue weighted by Crippen LogP contribution is 2.28. The van der Waals surface area contributed by atoms with Crippen molar-refractivity contribution in [2.45, 2.75) is 44.9 Å². The number of methoxy groups -OCH3 is 1. The number of aliphatic hydroxyl groups excluding tert-OH is 2. The quantitative estimate of drug-likeness (QED) is 0.343. The van der Waals surface area contributed by atoms with E-state index >= 15 is 0 Å². The lowest BCUT2D eigenvalue weighted by Gasteiger charge is -2.21. The van der Waals surface area contributed by atoms with Gasteiger partial charge in [0, 0.05) is 31.5 Å². The van der Waals surface area contributed by atoms with Crippen LogP contribution in [0.5, 0.6) is 0 Å². The Bertz CT molecular complexity index is 1080. The van der Waals surface area contributed by atoms with Crippen LogP contribution >= 0.6 is 0 Å². The molecule has 0 bridgehead atoms. The van der Waals surface area contributed by atoms with Crippen molar-refractivity contribution in [2.24, 2.45) is 5.92 Å². The summed E-state index contributed by atoms with van der Waals surface area (Å²) in [6.45, 7) is 4.18. The van der Waals surface area contributed by atoms with E-state index in [0.29, 0.717) is 12.2 Å². The van der Waals surface area contributed by atoms with Gasteiger partial charge in [0.1, 0.15) is 6.10 Å². The van der Waals surface area contributed by atoms with E-state index in [1.807, 2.05) is 48.7 Å². The molecule has 0 spiro atoms. The van der Waals surface area contributed by atoms with E-state index in [1.54, 1.807) is 23.9 Å². The number of rotatable bonds is 12. The molecule has 35 heavy (non-hydrogen) atoms. The fraction of sp³-hybridized carbons (Fsp3) is 0.370. The minimum absolute atomic E-state index is 0.0214. The van der Waals surface area contributed by atoms with Crippen molar-refractivity contribution in [2.75, 3.05) is 19.0 Å². The Kier molecular flexibility index (Phi) is 9.72. The normalized spacial score (nSPS) is 15.0. The van der Waals surface area contributed by atoms with Crippen LogP contribution in [0.3, 0.4) is 0 Å². The Hall–Kier alpha value is -3.33. The van der Waals surface area contributed by atoms with Crippen molar-refractivity contribution in [3.05, 3.63) is 89.8 Å². The van der Waals surface area contributed by atoms with Crippen molar-refractivity contribution < 1.29 is 19.7 Å². The molecule has 1 aromatic heterocycles. The fourth-order valence-electron chi connectivity index (χ4n) is 3.91. The monoisotopic (exact) mass is 478 g/mol. The van der Waals surface area contributed by atoms with Crippen LogP contribution in [-0.4, -0.2) is 50.9 Å². The number of aliphatic hydroxyl groups is 2. The number of amides is 1. The molecule has 3 N–H and O–H groups in total. The second kappa shape index (κ2) is 12.9. The summed E-state index contributed by atoms with van der Waals surface area (Å²) in [6, 6.07) is 17.2. The number of ether oxygens (including phenoxy) is 1. The molecule has 1 unspecified atom stereocenters. The standard InChI is InChI=1S/C27H34N4O4/c1-19(26(35-3)22-12-14-23(15-13-22)28-27(34)20(2)33)9-7-8-16-31-17-25(29-30-31)24(18-32)21-10-5-4-6-11-21/h4-7,9-15,17,19-20,24,26,32-33H,8,16,18H2,1-3H3,(H,28,34)/b9-7+/t19-,20-,24?,26+/m0/s1. The Morgan fingerprint density at radius 3 is 2.46 bits per heavy atom. The highest BCUT2D eigenvalue weighted by atomic mass is 16.5. The molecule has 4 atom stereocenters. The van der Waals surface area contributed by atoms with Gasteiger partial charge in [0.2, 0.25) is 0 Å². The molecule has 186 valence electrons. The van der Waals surface area contributed by atoms with Gasteiger partial charge in [0.15, 0.2) is 0 Å². The zero-order valence-electron chi connectivity index (χ0n) is 20.4. The summed E-state index contributed by atoms with van der Waals surface area (Å²) >= 11 is 0.